The van der Waals surface area contributed by atoms with Crippen LogP contribution in [-0.4, -0.2) is 23.1 Å². The normalized spacial score (nSPS) is 18.9. The smallest absolute Gasteiger partial charge is 0.226 e. The van der Waals surface area contributed by atoms with Crippen molar-refractivity contribution in [2.75, 3.05) is 12.3 Å². The minimum Gasteiger partial charge on any atom is -0.338 e. The maximum atomic E-state index is 13.0. The van der Waals surface area contributed by atoms with Crippen LogP contribution in [0.2, 0.25) is 0 Å². The fraction of sp³-hybridized carbons (Fsp3) is 0.381. The molecule has 0 N–H and O–H groups in total. The summed E-state index contributed by atoms with van der Waals surface area (Å²) in [4.78, 5) is 16.4. The van der Waals surface area contributed by atoms with Gasteiger partial charge in [-0.3, -0.25) is 4.79 Å². The third kappa shape index (κ3) is 4.88. The zero-order valence-corrected chi connectivity index (χ0v) is 14.9. The molecule has 1 fully saturated rings. The molecule has 2 aromatic carbocycles. The summed E-state index contributed by atoms with van der Waals surface area (Å²) < 4.78 is 0. The number of thioether (sulfide) groups is 1. The fourth-order valence-electron chi connectivity index (χ4n) is 3.19. The van der Waals surface area contributed by atoms with E-state index in [4.69, 9.17) is 0 Å². The van der Waals surface area contributed by atoms with Crippen molar-refractivity contribution in [1.29, 1.82) is 0 Å². The Morgan fingerprint density at radius 2 is 1.62 bits per heavy atom. The molecule has 3 rings (SSSR count). The second-order valence-electron chi connectivity index (χ2n) is 6.42. The lowest BCUT2D eigenvalue weighted by Gasteiger charge is -2.30. The number of likely N-dealkylation sites (tertiary alicyclic amines) is 1. The van der Waals surface area contributed by atoms with Crippen molar-refractivity contribution >= 4 is 17.7 Å². The first-order chi connectivity index (χ1) is 11.8. The molecule has 0 bridgehead atoms. The summed E-state index contributed by atoms with van der Waals surface area (Å²) in [5, 5.41) is 0. The third-order valence-electron chi connectivity index (χ3n) is 4.55. The van der Waals surface area contributed by atoms with Crippen LogP contribution in [0.4, 0.5) is 0 Å². The minimum absolute atomic E-state index is 0.138. The van der Waals surface area contributed by atoms with Crippen molar-refractivity contribution in [2.45, 2.75) is 37.1 Å². The Kier molecular flexibility index (Phi) is 6.36. The highest BCUT2D eigenvalue weighted by Crippen LogP contribution is 2.26. The van der Waals surface area contributed by atoms with E-state index in [1.165, 1.54) is 23.3 Å². The number of hydrogen-bond donors (Lipinski definition) is 0. The van der Waals surface area contributed by atoms with Crippen molar-refractivity contribution in [2.24, 2.45) is 5.92 Å². The Labute approximate surface area is 149 Å². The molecule has 1 saturated heterocycles. The van der Waals surface area contributed by atoms with Gasteiger partial charge in [-0.2, -0.15) is 0 Å². The van der Waals surface area contributed by atoms with Gasteiger partial charge in [0.2, 0.25) is 5.91 Å². The molecule has 1 heterocycles. The lowest BCUT2D eigenvalue weighted by atomic mass is 9.98. The Morgan fingerprint density at radius 3 is 2.38 bits per heavy atom. The van der Waals surface area contributed by atoms with E-state index in [1.54, 1.807) is 0 Å². The van der Waals surface area contributed by atoms with Gasteiger partial charge in [0.25, 0.3) is 0 Å². The monoisotopic (exact) mass is 339 g/mol. The number of hydrogen-bond acceptors (Lipinski definition) is 2. The van der Waals surface area contributed by atoms with Crippen LogP contribution < -0.4 is 0 Å². The van der Waals surface area contributed by atoms with Gasteiger partial charge in [-0.1, -0.05) is 61.4 Å². The van der Waals surface area contributed by atoms with Crippen LogP contribution in [-0.2, 0) is 11.3 Å². The van der Waals surface area contributed by atoms with E-state index in [1.807, 2.05) is 36.0 Å². The van der Waals surface area contributed by atoms with E-state index in [9.17, 15) is 4.79 Å². The summed E-state index contributed by atoms with van der Waals surface area (Å²) in [6.45, 7) is 1.63. The van der Waals surface area contributed by atoms with Crippen LogP contribution in [0.15, 0.2) is 65.6 Å². The van der Waals surface area contributed by atoms with Gasteiger partial charge in [0, 0.05) is 29.7 Å². The van der Waals surface area contributed by atoms with Crippen LogP contribution >= 0.6 is 11.8 Å². The molecular weight excluding hydrogens is 314 g/mol. The average Bonchev–Trinajstić information content (AvgIpc) is 2.63. The summed E-state index contributed by atoms with van der Waals surface area (Å²) >= 11 is 1.81. The molecule has 1 aliphatic rings. The van der Waals surface area contributed by atoms with E-state index in [-0.39, 0.29) is 5.92 Å². The van der Waals surface area contributed by atoms with Gasteiger partial charge in [0.05, 0.1) is 0 Å². The standard InChI is InChI=1S/C21H25NOS/c23-21-19(17-24-20-13-7-2-8-14-20)12-6-3-9-15-22(21)16-18-10-4-1-5-11-18/h1-2,4-5,7-8,10-11,13-14,19H,3,6,9,12,15-17H2. The molecule has 1 aliphatic heterocycles. The van der Waals surface area contributed by atoms with Crippen molar-refractivity contribution in [3.05, 3.63) is 66.2 Å². The second-order valence-corrected chi connectivity index (χ2v) is 7.51. The van der Waals surface area contributed by atoms with Gasteiger partial charge in [0.1, 0.15) is 0 Å². The fourth-order valence-corrected chi connectivity index (χ4v) is 4.24. The summed E-state index contributed by atoms with van der Waals surface area (Å²) in [6.07, 6.45) is 4.54. The van der Waals surface area contributed by atoms with Crippen molar-refractivity contribution in [3.63, 3.8) is 0 Å². The number of rotatable bonds is 5. The Morgan fingerprint density at radius 1 is 0.917 bits per heavy atom. The van der Waals surface area contributed by atoms with Crippen molar-refractivity contribution in [3.8, 4) is 0 Å². The molecule has 2 nitrogen and oxygen atoms in total. The Balaban J connectivity index is 1.64. The zero-order chi connectivity index (χ0) is 16.6. The summed E-state index contributed by atoms with van der Waals surface area (Å²) in [5.74, 6) is 1.36. The van der Waals surface area contributed by atoms with Crippen molar-refractivity contribution in [1.82, 2.24) is 4.90 Å². The molecule has 0 saturated carbocycles. The minimum atomic E-state index is 0.138. The zero-order valence-electron chi connectivity index (χ0n) is 14.1. The highest BCUT2D eigenvalue weighted by atomic mass is 32.2. The van der Waals surface area contributed by atoms with E-state index < -0.39 is 0 Å². The summed E-state index contributed by atoms with van der Waals surface area (Å²) in [7, 11) is 0. The highest BCUT2D eigenvalue weighted by molar-refractivity contribution is 7.99. The molecule has 0 spiro atoms. The van der Waals surface area contributed by atoms with Crippen LogP contribution in [0.1, 0.15) is 31.2 Å². The molecule has 1 unspecified atom stereocenters. The molecule has 126 valence electrons. The molecule has 0 radical (unpaired) electrons. The van der Waals surface area contributed by atoms with E-state index in [2.05, 4.69) is 41.3 Å². The molecule has 3 heteroatoms. The first-order valence-electron chi connectivity index (χ1n) is 8.83. The van der Waals surface area contributed by atoms with E-state index in [0.29, 0.717) is 5.91 Å². The average molecular weight is 340 g/mol. The highest BCUT2D eigenvalue weighted by Gasteiger charge is 2.26. The maximum absolute atomic E-state index is 13.0. The van der Waals surface area contributed by atoms with Gasteiger partial charge < -0.3 is 4.90 Å². The lowest BCUT2D eigenvalue weighted by Crippen LogP contribution is -2.38. The predicted octanol–water partition coefficient (Wildman–Crippen LogP) is 5.00. The van der Waals surface area contributed by atoms with Gasteiger partial charge in [0.15, 0.2) is 0 Å². The first-order valence-corrected chi connectivity index (χ1v) is 9.82. The van der Waals surface area contributed by atoms with E-state index >= 15 is 0 Å². The molecular formula is C21H25NOS. The Bertz CT molecular complexity index is 629. The molecule has 2 aromatic rings. The van der Waals surface area contributed by atoms with Crippen LogP contribution in [0, 0.1) is 5.92 Å². The number of benzene rings is 2. The number of carbonyl (C=O) groups is 1. The summed E-state index contributed by atoms with van der Waals surface area (Å²) in [5.41, 5.74) is 1.22. The number of amides is 1. The van der Waals surface area contributed by atoms with Crippen LogP contribution in [0.5, 0.6) is 0 Å². The topological polar surface area (TPSA) is 20.3 Å². The van der Waals surface area contributed by atoms with Crippen molar-refractivity contribution < 1.29 is 4.79 Å². The van der Waals surface area contributed by atoms with E-state index in [0.717, 1.165) is 31.7 Å². The number of nitrogens with zero attached hydrogens (tertiary/aromatic N) is 1. The Hall–Kier alpha value is -1.74. The first kappa shape index (κ1) is 17.1. The molecule has 1 amide bonds. The number of carbonyl (C=O) groups excluding carboxylic acids is 1. The quantitative estimate of drug-likeness (QED) is 0.715. The van der Waals surface area contributed by atoms with Crippen LogP contribution in [0.3, 0.4) is 0 Å². The van der Waals surface area contributed by atoms with Gasteiger partial charge in [-0.05, 0) is 30.5 Å². The molecule has 0 aromatic heterocycles. The maximum Gasteiger partial charge on any atom is 0.226 e. The SMILES string of the molecule is O=C1C(CSc2ccccc2)CCCCCN1Cc1ccccc1. The third-order valence-corrected chi connectivity index (χ3v) is 5.73. The largest absolute Gasteiger partial charge is 0.338 e. The summed E-state index contributed by atoms with van der Waals surface area (Å²) in [6, 6.07) is 20.7. The van der Waals surface area contributed by atoms with Gasteiger partial charge >= 0.3 is 0 Å². The predicted molar refractivity (Wildman–Crippen MR) is 101 cm³/mol. The van der Waals surface area contributed by atoms with Gasteiger partial charge in [-0.15, -0.1) is 11.8 Å². The second kappa shape index (κ2) is 8.93. The lowest BCUT2D eigenvalue weighted by molar-refractivity contribution is -0.136. The van der Waals surface area contributed by atoms with Gasteiger partial charge in [-0.25, -0.2) is 0 Å². The molecule has 1 atom stereocenters. The molecule has 0 aliphatic carbocycles. The van der Waals surface area contributed by atoms with Crippen LogP contribution in [0.25, 0.3) is 0 Å². The molecule has 24 heavy (non-hydrogen) atoms.